The smallest absolute Gasteiger partial charge is 0.184 e. The molecule has 0 aromatic heterocycles. The Balaban J connectivity index is 0. The van der Waals surface area contributed by atoms with E-state index in [1.165, 1.54) is 25.3 Å². The zero-order chi connectivity index (χ0) is 19.9. The number of nitrogens with zero attached hydrogens (tertiary/aromatic N) is 1. The van der Waals surface area contributed by atoms with Gasteiger partial charge < -0.3 is 14.9 Å². The number of nitrogens with one attached hydrogen (secondary N) is 4. The standard InChI is InChI=1S/C8H12N4O.C8H8O3.H2N2.H2/c1-13-5-6-4-7(11-9)2-3-8(6)12-10;1-11-5-6-4-7(9)2-3-8(6)10;1-2;/h2-4,9,12H,5,10H2,1H3;2-4H,5H2,1H3;1-2H;1H. The van der Waals surface area contributed by atoms with Gasteiger partial charge in [0.05, 0.1) is 24.6 Å². The van der Waals surface area contributed by atoms with Crippen LogP contribution in [0, 0.1) is 16.6 Å². The van der Waals surface area contributed by atoms with Gasteiger partial charge in [0, 0.05) is 26.8 Å². The number of nitrogen functional groups attached to an aromatic ring is 1. The number of methoxy groups -OCH3 is 2. The Morgan fingerprint density at radius 2 is 1.81 bits per heavy atom. The minimum Gasteiger partial charge on any atom is -0.380 e. The summed E-state index contributed by atoms with van der Waals surface area (Å²) in [5, 5.41) is 3.31. The molecule has 26 heavy (non-hydrogen) atoms. The molecule has 1 aliphatic rings. The molecule has 0 atom stereocenters. The zero-order valence-electron chi connectivity index (χ0n) is 14.5. The average Bonchev–Trinajstić information content (AvgIpc) is 2.67. The van der Waals surface area contributed by atoms with E-state index in [2.05, 4.69) is 10.5 Å². The van der Waals surface area contributed by atoms with Crippen LogP contribution in [0.2, 0.25) is 0 Å². The number of rotatable bonds is 6. The first-order valence-corrected chi connectivity index (χ1v) is 7.22. The molecule has 6 N–H and O–H groups in total. The number of benzene rings is 1. The number of carbonyl (C=O) groups excluding carboxylic acids is 2. The van der Waals surface area contributed by atoms with Gasteiger partial charge in [0.2, 0.25) is 0 Å². The molecule has 142 valence electrons. The number of hydrogen-bond acceptors (Lipinski definition) is 10. The molecule has 0 heterocycles. The maximum atomic E-state index is 10.9. The van der Waals surface area contributed by atoms with E-state index in [4.69, 9.17) is 31.9 Å². The van der Waals surface area contributed by atoms with E-state index in [0.717, 1.165) is 11.3 Å². The quantitative estimate of drug-likeness (QED) is 0.224. The molecule has 0 unspecified atom stereocenters. The largest absolute Gasteiger partial charge is 0.380 e. The second kappa shape index (κ2) is 13.2. The van der Waals surface area contributed by atoms with E-state index in [-0.39, 0.29) is 19.6 Å². The van der Waals surface area contributed by atoms with Crippen LogP contribution in [0.15, 0.2) is 47.1 Å². The van der Waals surface area contributed by atoms with E-state index in [1.807, 2.05) is 0 Å². The molecule has 0 amide bonds. The van der Waals surface area contributed by atoms with Crippen molar-refractivity contribution in [2.75, 3.05) is 26.3 Å². The molecular formula is C16H24N6O4. The van der Waals surface area contributed by atoms with Crippen molar-refractivity contribution < 1.29 is 20.5 Å². The second-order valence-electron chi connectivity index (χ2n) is 4.73. The molecule has 0 spiro atoms. The summed E-state index contributed by atoms with van der Waals surface area (Å²) in [6, 6.07) is 5.23. The van der Waals surface area contributed by atoms with Crippen LogP contribution in [0.3, 0.4) is 0 Å². The van der Waals surface area contributed by atoms with Gasteiger partial charge in [-0.3, -0.25) is 15.4 Å². The predicted molar refractivity (Wildman–Crippen MR) is 96.4 cm³/mol. The van der Waals surface area contributed by atoms with Crippen LogP contribution < -0.4 is 11.3 Å². The first-order chi connectivity index (χ1) is 12.5. The summed E-state index contributed by atoms with van der Waals surface area (Å²) in [6.07, 6.45) is 3.81. The second-order valence-corrected chi connectivity index (χ2v) is 4.73. The lowest BCUT2D eigenvalue weighted by Gasteiger charge is -2.07. The van der Waals surface area contributed by atoms with Crippen LogP contribution in [0.5, 0.6) is 0 Å². The number of hydrazine groups is 1. The minimum atomic E-state index is -0.156. The summed E-state index contributed by atoms with van der Waals surface area (Å²) in [4.78, 5) is 21.7. The summed E-state index contributed by atoms with van der Waals surface area (Å²) < 4.78 is 9.70. The lowest BCUT2D eigenvalue weighted by Crippen LogP contribution is -2.11. The lowest BCUT2D eigenvalue weighted by atomic mass is 10.1. The summed E-state index contributed by atoms with van der Waals surface area (Å²) in [5.41, 5.74) is 22.1. The van der Waals surface area contributed by atoms with E-state index in [0.29, 0.717) is 17.9 Å². The van der Waals surface area contributed by atoms with E-state index in [9.17, 15) is 9.59 Å². The van der Waals surface area contributed by atoms with Gasteiger partial charge in [0.25, 0.3) is 0 Å². The zero-order valence-corrected chi connectivity index (χ0v) is 14.5. The molecule has 0 fully saturated rings. The Labute approximate surface area is 152 Å². The number of anilines is 1. The van der Waals surface area contributed by atoms with Crippen molar-refractivity contribution in [3.8, 4) is 0 Å². The first-order valence-electron chi connectivity index (χ1n) is 7.22. The van der Waals surface area contributed by atoms with Gasteiger partial charge in [-0.2, -0.15) is 5.11 Å². The third-order valence-corrected chi connectivity index (χ3v) is 3.01. The van der Waals surface area contributed by atoms with Crippen LogP contribution in [0.25, 0.3) is 0 Å². The van der Waals surface area contributed by atoms with Crippen molar-refractivity contribution in [2.24, 2.45) is 11.0 Å². The highest BCUT2D eigenvalue weighted by atomic mass is 16.5. The number of allylic oxidation sites excluding steroid dienone is 3. The van der Waals surface area contributed by atoms with Crippen molar-refractivity contribution in [2.45, 2.75) is 6.61 Å². The van der Waals surface area contributed by atoms with Crippen LogP contribution in [-0.2, 0) is 25.7 Å². The molecule has 0 bridgehead atoms. The summed E-state index contributed by atoms with van der Waals surface area (Å²) in [6.45, 7) is 0.651. The van der Waals surface area contributed by atoms with Crippen molar-refractivity contribution in [3.63, 3.8) is 0 Å². The number of hydrogen-bond donors (Lipinski definition) is 5. The molecule has 1 aromatic rings. The monoisotopic (exact) mass is 364 g/mol. The number of nitrogens with two attached hydrogens (primary N) is 1. The van der Waals surface area contributed by atoms with E-state index >= 15 is 0 Å². The molecule has 0 saturated heterocycles. The van der Waals surface area contributed by atoms with Gasteiger partial charge in [-0.25, -0.2) is 16.6 Å². The molecular weight excluding hydrogens is 340 g/mol. The average molecular weight is 364 g/mol. The maximum absolute atomic E-state index is 10.9. The Hall–Kier alpha value is -3.08. The van der Waals surface area contributed by atoms with Crippen molar-refractivity contribution in [1.82, 2.24) is 0 Å². The van der Waals surface area contributed by atoms with Crippen LogP contribution >= 0.6 is 0 Å². The van der Waals surface area contributed by atoms with Crippen LogP contribution in [0.4, 0.5) is 11.4 Å². The highest BCUT2D eigenvalue weighted by Crippen LogP contribution is 2.22. The third-order valence-electron chi connectivity index (χ3n) is 3.01. The summed E-state index contributed by atoms with van der Waals surface area (Å²) in [5.74, 6) is 4.99. The van der Waals surface area contributed by atoms with E-state index < -0.39 is 0 Å². The first kappa shape index (κ1) is 22.9. The fourth-order valence-corrected chi connectivity index (χ4v) is 1.89. The Bertz CT molecular complexity index is 693. The molecule has 1 aromatic carbocycles. The lowest BCUT2D eigenvalue weighted by molar-refractivity contribution is -0.114. The Morgan fingerprint density at radius 3 is 2.35 bits per heavy atom. The maximum Gasteiger partial charge on any atom is 0.184 e. The normalized spacial score (nSPS) is 12.2. The molecule has 0 aliphatic heterocycles. The summed E-state index contributed by atoms with van der Waals surface area (Å²) >= 11 is 0. The minimum absolute atomic E-state index is 0. The Morgan fingerprint density at radius 1 is 1.15 bits per heavy atom. The van der Waals surface area contributed by atoms with E-state index in [1.54, 1.807) is 25.3 Å². The predicted octanol–water partition coefficient (Wildman–Crippen LogP) is 2.89. The molecule has 10 heteroatoms. The molecule has 0 saturated carbocycles. The number of ketones is 2. The van der Waals surface area contributed by atoms with Gasteiger partial charge >= 0.3 is 0 Å². The van der Waals surface area contributed by atoms with Crippen molar-refractivity contribution in [3.05, 3.63) is 47.6 Å². The fourth-order valence-electron chi connectivity index (χ4n) is 1.89. The summed E-state index contributed by atoms with van der Waals surface area (Å²) in [7, 11) is 3.09. The fraction of sp³-hybridized carbons (Fsp3) is 0.250. The Kier molecular flexibility index (Phi) is 11.7. The van der Waals surface area contributed by atoms with Gasteiger partial charge in [0.15, 0.2) is 11.6 Å². The van der Waals surface area contributed by atoms with Gasteiger partial charge in [-0.1, -0.05) is 0 Å². The van der Waals surface area contributed by atoms with Crippen molar-refractivity contribution >= 4 is 22.9 Å². The van der Waals surface area contributed by atoms with Gasteiger partial charge in [0.1, 0.15) is 0 Å². The van der Waals surface area contributed by atoms with Crippen LogP contribution in [0.1, 0.15) is 6.99 Å². The molecule has 0 radical (unpaired) electrons. The highest BCUT2D eigenvalue weighted by molar-refractivity contribution is 6.17. The number of carbonyl (C=O) groups is 2. The molecule has 1 aliphatic carbocycles. The number of ether oxygens (including phenoxy) is 2. The third kappa shape index (κ3) is 7.66. The molecule has 2 rings (SSSR count). The highest BCUT2D eigenvalue weighted by Gasteiger charge is 2.11. The van der Waals surface area contributed by atoms with Gasteiger partial charge in [-0.15, -0.1) is 0 Å². The topological polar surface area (TPSA) is 175 Å². The SMILES string of the molecule is COCC1=CC(=O)C=CC1=O.COCc1cc(N=N)ccc1NN.N=N.[HH]. The van der Waals surface area contributed by atoms with Crippen LogP contribution in [-0.4, -0.2) is 32.4 Å². The van der Waals surface area contributed by atoms with Crippen molar-refractivity contribution in [1.29, 1.82) is 16.6 Å². The van der Waals surface area contributed by atoms with Gasteiger partial charge in [-0.05, 0) is 36.4 Å². The molecule has 10 nitrogen and oxygen atoms in total.